The molecule has 1 saturated carbocycles. The van der Waals surface area contributed by atoms with Crippen molar-refractivity contribution in [3.63, 3.8) is 0 Å². The summed E-state index contributed by atoms with van der Waals surface area (Å²) in [5.41, 5.74) is 0.710. The molecule has 4 rings (SSSR count). The minimum absolute atomic E-state index is 0.140. The predicted octanol–water partition coefficient (Wildman–Crippen LogP) is 2.48. The number of aryl methyl sites for hydroxylation is 1. The summed E-state index contributed by atoms with van der Waals surface area (Å²) in [7, 11) is 0. The number of likely N-dealkylation sites (tertiary alicyclic amines) is 1. The van der Waals surface area contributed by atoms with E-state index in [-0.39, 0.29) is 30.4 Å². The SMILES string of the molecule is Cc1cccc(C(=O)N2C(C(=O)NC3CC3)COC23CCN(C(=O)CC(C)C)CC3)c1. The maximum Gasteiger partial charge on any atom is 0.256 e. The van der Waals surface area contributed by atoms with Gasteiger partial charge in [-0.05, 0) is 37.8 Å². The van der Waals surface area contributed by atoms with Crippen molar-refractivity contribution in [3.05, 3.63) is 35.4 Å². The molecule has 0 bridgehead atoms. The van der Waals surface area contributed by atoms with Gasteiger partial charge in [0.15, 0.2) is 0 Å². The van der Waals surface area contributed by atoms with E-state index in [1.54, 1.807) is 11.0 Å². The van der Waals surface area contributed by atoms with Crippen LogP contribution in [0.1, 0.15) is 61.9 Å². The Morgan fingerprint density at radius 1 is 1.19 bits per heavy atom. The molecule has 7 heteroatoms. The van der Waals surface area contributed by atoms with E-state index in [4.69, 9.17) is 4.74 Å². The number of hydrogen-bond acceptors (Lipinski definition) is 4. The van der Waals surface area contributed by atoms with Gasteiger partial charge in [0, 0.05) is 44.0 Å². The van der Waals surface area contributed by atoms with E-state index in [1.165, 1.54) is 0 Å². The maximum atomic E-state index is 13.6. The highest BCUT2D eigenvalue weighted by atomic mass is 16.5. The summed E-state index contributed by atoms with van der Waals surface area (Å²) in [5.74, 6) is 0.126. The number of piperidine rings is 1. The molecule has 7 nitrogen and oxygen atoms in total. The van der Waals surface area contributed by atoms with Crippen LogP contribution in [0.5, 0.6) is 0 Å². The highest BCUT2D eigenvalue weighted by Crippen LogP contribution is 2.39. The Labute approximate surface area is 184 Å². The van der Waals surface area contributed by atoms with Gasteiger partial charge in [-0.3, -0.25) is 19.3 Å². The van der Waals surface area contributed by atoms with Gasteiger partial charge in [0.05, 0.1) is 6.61 Å². The van der Waals surface area contributed by atoms with E-state index in [2.05, 4.69) is 5.32 Å². The third-order valence-electron chi connectivity index (χ3n) is 6.45. The van der Waals surface area contributed by atoms with Gasteiger partial charge in [-0.25, -0.2) is 0 Å². The predicted molar refractivity (Wildman–Crippen MR) is 116 cm³/mol. The second-order valence-electron chi connectivity index (χ2n) is 9.58. The summed E-state index contributed by atoms with van der Waals surface area (Å²) >= 11 is 0. The summed E-state index contributed by atoms with van der Waals surface area (Å²) in [6.07, 6.45) is 3.53. The molecule has 1 spiro atoms. The van der Waals surface area contributed by atoms with Crippen LogP contribution in [-0.2, 0) is 14.3 Å². The van der Waals surface area contributed by atoms with Crippen LogP contribution in [0.15, 0.2) is 24.3 Å². The first-order valence-corrected chi connectivity index (χ1v) is 11.4. The van der Waals surface area contributed by atoms with E-state index >= 15 is 0 Å². The topological polar surface area (TPSA) is 79.0 Å². The summed E-state index contributed by atoms with van der Waals surface area (Å²) in [4.78, 5) is 42.7. The van der Waals surface area contributed by atoms with E-state index in [0.29, 0.717) is 43.8 Å². The third kappa shape index (κ3) is 4.61. The minimum Gasteiger partial charge on any atom is -0.353 e. The van der Waals surface area contributed by atoms with Gasteiger partial charge < -0.3 is 15.0 Å². The van der Waals surface area contributed by atoms with Crippen LogP contribution < -0.4 is 5.32 Å². The fourth-order valence-corrected chi connectivity index (χ4v) is 4.59. The first kappa shape index (κ1) is 21.8. The lowest BCUT2D eigenvalue weighted by molar-refractivity contribution is -0.144. The number of benzene rings is 1. The van der Waals surface area contributed by atoms with Crippen LogP contribution in [0.25, 0.3) is 0 Å². The molecule has 1 atom stereocenters. The number of nitrogens with one attached hydrogen (secondary N) is 1. The molecule has 1 unspecified atom stereocenters. The molecule has 3 aliphatic rings. The Bertz CT molecular complexity index is 856. The van der Waals surface area contributed by atoms with E-state index in [9.17, 15) is 14.4 Å². The lowest BCUT2D eigenvalue weighted by atomic mass is 9.95. The molecule has 2 heterocycles. The molecule has 0 aromatic heterocycles. The summed E-state index contributed by atoms with van der Waals surface area (Å²) in [6, 6.07) is 7.02. The number of hydrogen-bond donors (Lipinski definition) is 1. The second-order valence-corrected chi connectivity index (χ2v) is 9.58. The first-order valence-electron chi connectivity index (χ1n) is 11.4. The highest BCUT2D eigenvalue weighted by molar-refractivity contribution is 5.98. The molecular weight excluding hydrogens is 394 g/mol. The monoisotopic (exact) mass is 427 g/mol. The zero-order valence-corrected chi connectivity index (χ0v) is 18.7. The summed E-state index contributed by atoms with van der Waals surface area (Å²) < 4.78 is 6.22. The summed E-state index contributed by atoms with van der Waals surface area (Å²) in [6.45, 7) is 7.27. The van der Waals surface area contributed by atoms with Gasteiger partial charge in [-0.15, -0.1) is 0 Å². The Balaban J connectivity index is 1.56. The van der Waals surface area contributed by atoms with Gasteiger partial charge >= 0.3 is 0 Å². The Morgan fingerprint density at radius 2 is 1.90 bits per heavy atom. The van der Waals surface area contributed by atoms with Crippen LogP contribution >= 0.6 is 0 Å². The van der Waals surface area contributed by atoms with Crippen LogP contribution in [-0.4, -0.2) is 65.0 Å². The van der Waals surface area contributed by atoms with Gasteiger partial charge in [0.2, 0.25) is 11.8 Å². The smallest absolute Gasteiger partial charge is 0.256 e. The highest BCUT2D eigenvalue weighted by Gasteiger charge is 2.54. The Morgan fingerprint density at radius 3 is 2.52 bits per heavy atom. The van der Waals surface area contributed by atoms with Crippen molar-refractivity contribution in [3.8, 4) is 0 Å². The van der Waals surface area contributed by atoms with Crippen molar-refractivity contribution in [2.24, 2.45) is 5.92 Å². The van der Waals surface area contributed by atoms with Gasteiger partial charge in [0.25, 0.3) is 5.91 Å². The molecule has 0 radical (unpaired) electrons. The Hall–Kier alpha value is -2.41. The van der Waals surface area contributed by atoms with Crippen molar-refractivity contribution in [2.45, 2.75) is 70.7 Å². The molecule has 3 fully saturated rings. The molecule has 1 aromatic carbocycles. The standard InChI is InChI=1S/C24H33N3O4/c1-16(2)13-21(28)26-11-9-24(10-12-26)27(23(30)18-6-4-5-17(3)14-18)20(15-31-24)22(29)25-19-7-8-19/h4-6,14,16,19-20H,7-13,15H2,1-3H3,(H,25,29). The van der Waals surface area contributed by atoms with Gasteiger partial charge in [0.1, 0.15) is 11.8 Å². The molecule has 2 aliphatic heterocycles. The van der Waals surface area contributed by atoms with Crippen LogP contribution in [0.3, 0.4) is 0 Å². The quantitative estimate of drug-likeness (QED) is 0.783. The first-order chi connectivity index (χ1) is 14.8. The number of carbonyl (C=O) groups excluding carboxylic acids is 3. The zero-order chi connectivity index (χ0) is 22.2. The van der Waals surface area contributed by atoms with Crippen LogP contribution in [0, 0.1) is 12.8 Å². The van der Waals surface area contributed by atoms with Crippen molar-refractivity contribution in [1.29, 1.82) is 0 Å². The molecule has 168 valence electrons. The molecule has 3 amide bonds. The fourth-order valence-electron chi connectivity index (χ4n) is 4.59. The number of amides is 3. The van der Waals surface area contributed by atoms with E-state index < -0.39 is 11.8 Å². The minimum atomic E-state index is -0.846. The molecule has 1 aliphatic carbocycles. The number of rotatable bonds is 5. The lowest BCUT2D eigenvalue weighted by Gasteiger charge is -2.44. The van der Waals surface area contributed by atoms with Gasteiger partial charge in [-0.2, -0.15) is 0 Å². The van der Waals surface area contributed by atoms with Crippen molar-refractivity contribution >= 4 is 17.7 Å². The maximum absolute atomic E-state index is 13.6. The lowest BCUT2D eigenvalue weighted by Crippen LogP contribution is -2.60. The molecule has 31 heavy (non-hydrogen) atoms. The van der Waals surface area contributed by atoms with Gasteiger partial charge in [-0.1, -0.05) is 31.5 Å². The Kier molecular flexibility index (Phi) is 6.06. The average Bonchev–Trinajstić information content (AvgIpc) is 3.47. The normalized spacial score (nSPS) is 22.8. The molecule has 1 aromatic rings. The van der Waals surface area contributed by atoms with E-state index in [1.807, 2.05) is 43.9 Å². The summed E-state index contributed by atoms with van der Waals surface area (Å²) in [5, 5.41) is 3.04. The number of carbonyl (C=O) groups is 3. The largest absolute Gasteiger partial charge is 0.353 e. The van der Waals surface area contributed by atoms with Crippen molar-refractivity contribution in [2.75, 3.05) is 19.7 Å². The van der Waals surface area contributed by atoms with Crippen LogP contribution in [0.4, 0.5) is 0 Å². The van der Waals surface area contributed by atoms with Crippen LogP contribution in [0.2, 0.25) is 0 Å². The van der Waals surface area contributed by atoms with E-state index in [0.717, 1.165) is 18.4 Å². The van der Waals surface area contributed by atoms with Crippen molar-refractivity contribution < 1.29 is 19.1 Å². The number of ether oxygens (including phenoxy) is 1. The average molecular weight is 428 g/mol. The molecule has 2 saturated heterocycles. The zero-order valence-electron chi connectivity index (χ0n) is 18.7. The third-order valence-corrected chi connectivity index (χ3v) is 6.45. The van der Waals surface area contributed by atoms with Crippen molar-refractivity contribution in [1.82, 2.24) is 15.1 Å². The fraction of sp³-hybridized carbons (Fsp3) is 0.625. The number of nitrogens with zero attached hydrogens (tertiary/aromatic N) is 2. The second kappa shape index (κ2) is 8.61. The molecule has 1 N–H and O–H groups in total. The molecular formula is C24H33N3O4.